The van der Waals surface area contributed by atoms with Crippen molar-refractivity contribution < 1.29 is 4.79 Å². The zero-order valence-corrected chi connectivity index (χ0v) is 11.3. The molecule has 2 heteroatoms. The number of nitrogens with zero attached hydrogens (tertiary/aromatic N) is 1. The summed E-state index contributed by atoms with van der Waals surface area (Å²) < 4.78 is 0. The normalized spacial score (nSPS) is 13.2. The number of carbonyl (C=O) groups excluding carboxylic acids is 1. The molecule has 0 N–H and O–H groups in total. The molecule has 1 aliphatic heterocycles. The fourth-order valence-corrected chi connectivity index (χ4v) is 1.28. The van der Waals surface area contributed by atoms with Gasteiger partial charge in [0, 0.05) is 20.0 Å². The molecular weight excluding hydrogens is 198 g/mol. The first-order valence-corrected chi connectivity index (χ1v) is 5.91. The van der Waals surface area contributed by atoms with Gasteiger partial charge in [0.05, 0.1) is 0 Å². The van der Waals surface area contributed by atoms with E-state index >= 15 is 0 Å². The summed E-state index contributed by atoms with van der Waals surface area (Å²) in [5.41, 5.74) is 2.22. The minimum atomic E-state index is 0.103. The summed E-state index contributed by atoms with van der Waals surface area (Å²) in [5.74, 6) is 0.103. The van der Waals surface area contributed by atoms with Gasteiger partial charge in [-0.1, -0.05) is 53.0 Å². The predicted octanol–water partition coefficient (Wildman–Crippen LogP) is 3.57. The summed E-state index contributed by atoms with van der Waals surface area (Å²) in [6, 6.07) is 0. The molecule has 0 aromatic rings. The fraction of sp³-hybridized carbons (Fsp3) is 0.500. The highest BCUT2D eigenvalue weighted by atomic mass is 16.2. The Kier molecular flexibility index (Phi) is 10.9. The number of carbonyl (C=O) groups is 1. The Morgan fingerprint density at radius 1 is 1.06 bits per heavy atom. The summed E-state index contributed by atoms with van der Waals surface area (Å²) >= 11 is 0. The van der Waals surface area contributed by atoms with Crippen molar-refractivity contribution in [3.63, 3.8) is 0 Å². The topological polar surface area (TPSA) is 20.3 Å². The first kappa shape index (κ1) is 17.1. The summed E-state index contributed by atoms with van der Waals surface area (Å²) in [4.78, 5) is 12.8. The lowest BCUT2D eigenvalue weighted by molar-refractivity contribution is -0.127. The van der Waals surface area contributed by atoms with Crippen molar-refractivity contribution in [2.75, 3.05) is 13.1 Å². The molecule has 0 aromatic heterocycles. The molecule has 0 bridgehead atoms. The van der Waals surface area contributed by atoms with Gasteiger partial charge in [-0.3, -0.25) is 4.79 Å². The Morgan fingerprint density at radius 3 is 1.56 bits per heavy atom. The number of hydrogen-bond donors (Lipinski definition) is 0. The van der Waals surface area contributed by atoms with Crippen molar-refractivity contribution in [3.8, 4) is 0 Å². The Balaban J connectivity index is 0. The highest BCUT2D eigenvalue weighted by Crippen LogP contribution is 2.18. The Labute approximate surface area is 100 Å². The van der Waals surface area contributed by atoms with Gasteiger partial charge in [0.15, 0.2) is 0 Å². The van der Waals surface area contributed by atoms with Crippen LogP contribution in [0.15, 0.2) is 36.5 Å². The van der Waals surface area contributed by atoms with Crippen molar-refractivity contribution in [1.82, 2.24) is 4.90 Å². The van der Waals surface area contributed by atoms with E-state index in [1.165, 1.54) is 0 Å². The molecule has 0 unspecified atom stereocenters. The second kappa shape index (κ2) is 10.2. The van der Waals surface area contributed by atoms with Crippen LogP contribution in [0.5, 0.6) is 0 Å². The molecular formula is C14H25NO. The van der Waals surface area contributed by atoms with Crippen LogP contribution < -0.4 is 0 Å². The second-order valence-electron chi connectivity index (χ2n) is 2.83. The van der Waals surface area contributed by atoms with E-state index in [4.69, 9.17) is 0 Å². The standard InChI is InChI=1S/C10H13NO.2C2H6/c1-4-9-6-11(8(3)12)7-10(9)5-2;2*1-2/h4-5H,1-2,6-7H2,3H3;2*1-2H3. The van der Waals surface area contributed by atoms with Crippen LogP contribution in [0.4, 0.5) is 0 Å². The molecule has 0 aliphatic carbocycles. The number of amides is 1. The van der Waals surface area contributed by atoms with Crippen LogP contribution in [0.1, 0.15) is 34.6 Å². The zero-order valence-electron chi connectivity index (χ0n) is 11.3. The van der Waals surface area contributed by atoms with Crippen molar-refractivity contribution in [1.29, 1.82) is 0 Å². The maximum atomic E-state index is 11.0. The van der Waals surface area contributed by atoms with Gasteiger partial charge in [0.25, 0.3) is 0 Å². The molecule has 0 spiro atoms. The Hall–Kier alpha value is -1.31. The van der Waals surface area contributed by atoms with Crippen LogP contribution in [0, 0.1) is 0 Å². The van der Waals surface area contributed by atoms with Crippen molar-refractivity contribution in [2.24, 2.45) is 0 Å². The van der Waals surface area contributed by atoms with E-state index in [9.17, 15) is 4.79 Å². The molecule has 0 fully saturated rings. The van der Waals surface area contributed by atoms with Gasteiger partial charge in [0.1, 0.15) is 0 Å². The third-order valence-corrected chi connectivity index (χ3v) is 2.07. The van der Waals surface area contributed by atoms with Gasteiger partial charge in [0.2, 0.25) is 5.91 Å². The highest BCUT2D eigenvalue weighted by Gasteiger charge is 2.19. The predicted molar refractivity (Wildman–Crippen MR) is 72.4 cm³/mol. The van der Waals surface area contributed by atoms with Crippen LogP contribution >= 0.6 is 0 Å². The van der Waals surface area contributed by atoms with Crippen LogP contribution in [-0.4, -0.2) is 23.9 Å². The molecule has 1 rings (SSSR count). The summed E-state index contributed by atoms with van der Waals surface area (Å²) in [5, 5.41) is 0. The van der Waals surface area contributed by atoms with E-state index in [1.807, 2.05) is 27.7 Å². The molecule has 0 atom stereocenters. The molecule has 2 nitrogen and oxygen atoms in total. The number of rotatable bonds is 2. The number of hydrogen-bond acceptors (Lipinski definition) is 1. The molecule has 16 heavy (non-hydrogen) atoms. The molecule has 1 aliphatic rings. The Morgan fingerprint density at radius 2 is 1.38 bits per heavy atom. The summed E-state index contributed by atoms with van der Waals surface area (Å²) in [6.45, 7) is 18.3. The van der Waals surface area contributed by atoms with Gasteiger partial charge in [-0.2, -0.15) is 0 Å². The monoisotopic (exact) mass is 223 g/mol. The molecule has 0 aromatic carbocycles. The van der Waals surface area contributed by atoms with E-state index in [-0.39, 0.29) is 5.91 Å². The van der Waals surface area contributed by atoms with Gasteiger partial charge in [-0.25, -0.2) is 0 Å². The van der Waals surface area contributed by atoms with E-state index in [1.54, 1.807) is 24.0 Å². The smallest absolute Gasteiger partial charge is 0.220 e. The van der Waals surface area contributed by atoms with Crippen LogP contribution in [0.2, 0.25) is 0 Å². The average Bonchev–Trinajstić information content (AvgIpc) is 2.77. The first-order valence-electron chi connectivity index (χ1n) is 5.91. The van der Waals surface area contributed by atoms with Gasteiger partial charge in [-0.15, -0.1) is 0 Å². The molecule has 1 amide bonds. The summed E-state index contributed by atoms with van der Waals surface area (Å²) in [6.07, 6.45) is 3.58. The Bertz CT molecular complexity index is 244. The minimum absolute atomic E-state index is 0.103. The van der Waals surface area contributed by atoms with E-state index < -0.39 is 0 Å². The van der Waals surface area contributed by atoms with Crippen molar-refractivity contribution in [2.45, 2.75) is 34.6 Å². The van der Waals surface area contributed by atoms with Crippen molar-refractivity contribution in [3.05, 3.63) is 36.5 Å². The lowest BCUT2D eigenvalue weighted by Crippen LogP contribution is -2.26. The third-order valence-electron chi connectivity index (χ3n) is 2.07. The lowest BCUT2D eigenvalue weighted by Gasteiger charge is -2.12. The maximum Gasteiger partial charge on any atom is 0.220 e. The second-order valence-corrected chi connectivity index (χ2v) is 2.83. The molecule has 0 radical (unpaired) electrons. The highest BCUT2D eigenvalue weighted by molar-refractivity contribution is 5.75. The van der Waals surface area contributed by atoms with Crippen LogP contribution in [0.25, 0.3) is 0 Å². The fourth-order valence-electron chi connectivity index (χ4n) is 1.28. The van der Waals surface area contributed by atoms with Gasteiger partial charge in [-0.05, 0) is 11.1 Å². The van der Waals surface area contributed by atoms with E-state index in [2.05, 4.69) is 13.2 Å². The van der Waals surface area contributed by atoms with E-state index in [0.717, 1.165) is 11.1 Å². The lowest BCUT2D eigenvalue weighted by atomic mass is 10.1. The SMILES string of the molecule is C=CC1=C(C=C)CN(C(C)=O)C1.CC.CC. The van der Waals surface area contributed by atoms with Crippen LogP contribution in [-0.2, 0) is 4.79 Å². The zero-order chi connectivity index (χ0) is 13.1. The summed E-state index contributed by atoms with van der Waals surface area (Å²) in [7, 11) is 0. The molecule has 0 saturated carbocycles. The molecule has 0 saturated heterocycles. The van der Waals surface area contributed by atoms with Gasteiger partial charge >= 0.3 is 0 Å². The quantitative estimate of drug-likeness (QED) is 0.701. The van der Waals surface area contributed by atoms with Crippen LogP contribution in [0.3, 0.4) is 0 Å². The minimum Gasteiger partial charge on any atom is -0.334 e. The molecule has 92 valence electrons. The third kappa shape index (κ3) is 4.96. The largest absolute Gasteiger partial charge is 0.334 e. The first-order chi connectivity index (χ1) is 7.69. The van der Waals surface area contributed by atoms with E-state index in [0.29, 0.717) is 13.1 Å². The average molecular weight is 223 g/mol. The molecule has 1 heterocycles. The van der Waals surface area contributed by atoms with Gasteiger partial charge < -0.3 is 4.90 Å². The van der Waals surface area contributed by atoms with Crippen molar-refractivity contribution >= 4 is 5.91 Å². The maximum absolute atomic E-state index is 11.0.